The molecule has 1 fully saturated rings. The molecular formula is C29H35N7. The maximum absolute atomic E-state index is 6.50. The van der Waals surface area contributed by atoms with Crippen LogP contribution in [0.15, 0.2) is 61.1 Å². The zero-order valence-corrected chi connectivity index (χ0v) is 20.8. The van der Waals surface area contributed by atoms with Gasteiger partial charge in [-0.25, -0.2) is 15.0 Å². The summed E-state index contributed by atoms with van der Waals surface area (Å²) in [6.45, 7) is 3.55. The van der Waals surface area contributed by atoms with Gasteiger partial charge in [-0.2, -0.15) is 0 Å². The predicted octanol–water partition coefficient (Wildman–Crippen LogP) is 4.80. The lowest BCUT2D eigenvalue weighted by Crippen LogP contribution is -2.43. The van der Waals surface area contributed by atoms with Crippen LogP contribution in [-0.2, 0) is 13.0 Å². The molecule has 2 aliphatic rings. The van der Waals surface area contributed by atoms with Crippen LogP contribution in [-0.4, -0.2) is 50.1 Å². The summed E-state index contributed by atoms with van der Waals surface area (Å²) in [6.07, 6.45) is 13.4. The van der Waals surface area contributed by atoms with Gasteiger partial charge in [-0.3, -0.25) is 4.90 Å². The second kappa shape index (κ2) is 10.4. The predicted molar refractivity (Wildman–Crippen MR) is 145 cm³/mol. The number of pyridine rings is 1. The van der Waals surface area contributed by atoms with E-state index in [0.29, 0.717) is 12.6 Å². The molecule has 1 aliphatic heterocycles. The van der Waals surface area contributed by atoms with Crippen LogP contribution in [0.25, 0.3) is 22.4 Å². The molecule has 186 valence electrons. The van der Waals surface area contributed by atoms with E-state index in [9.17, 15) is 0 Å². The van der Waals surface area contributed by atoms with Gasteiger partial charge in [0.15, 0.2) is 5.82 Å². The normalized spacial score (nSPS) is 17.7. The Morgan fingerprint density at radius 2 is 1.89 bits per heavy atom. The van der Waals surface area contributed by atoms with Crippen molar-refractivity contribution in [2.75, 3.05) is 25.0 Å². The van der Waals surface area contributed by atoms with Crippen molar-refractivity contribution in [2.24, 2.45) is 5.73 Å². The first kappa shape index (κ1) is 23.1. The smallest absolute Gasteiger partial charge is 0.161 e. The largest absolute Gasteiger partial charge is 0.368 e. The minimum absolute atomic E-state index is 0.0205. The van der Waals surface area contributed by atoms with Crippen LogP contribution in [0.1, 0.15) is 49.3 Å². The summed E-state index contributed by atoms with van der Waals surface area (Å²) in [4.78, 5) is 16.6. The molecule has 0 amide bonds. The second-order valence-corrected chi connectivity index (χ2v) is 10.3. The topological polar surface area (TPSA) is 84.9 Å². The summed E-state index contributed by atoms with van der Waals surface area (Å²) < 4.78 is 2.36. The third-order valence-corrected chi connectivity index (χ3v) is 7.69. The van der Waals surface area contributed by atoms with E-state index in [1.807, 2.05) is 24.5 Å². The Bertz CT molecular complexity index is 1320. The number of hydrogen-bond acceptors (Lipinski definition) is 6. The highest BCUT2D eigenvalue weighted by Gasteiger charge is 2.19. The molecule has 1 atom stereocenters. The van der Waals surface area contributed by atoms with Gasteiger partial charge in [0.05, 0.1) is 0 Å². The molecule has 1 saturated carbocycles. The molecule has 6 rings (SSSR count). The van der Waals surface area contributed by atoms with Crippen LogP contribution in [0.2, 0.25) is 0 Å². The van der Waals surface area contributed by atoms with Crippen molar-refractivity contribution in [3.63, 3.8) is 0 Å². The molecule has 4 aromatic rings. The summed E-state index contributed by atoms with van der Waals surface area (Å²) in [5.41, 5.74) is 11.4. The molecule has 1 unspecified atom stereocenters. The molecule has 3 aromatic heterocycles. The molecule has 3 N–H and O–H groups in total. The summed E-state index contributed by atoms with van der Waals surface area (Å²) in [6, 6.07) is 15.4. The lowest BCUT2D eigenvalue weighted by Gasteiger charge is -2.30. The first-order valence-electron chi connectivity index (χ1n) is 13.3. The summed E-state index contributed by atoms with van der Waals surface area (Å²) in [5, 5.41) is 4.54. The third kappa shape index (κ3) is 4.99. The lowest BCUT2D eigenvalue weighted by molar-refractivity contribution is 0.241. The van der Waals surface area contributed by atoms with Crippen molar-refractivity contribution < 1.29 is 0 Å². The quantitative estimate of drug-likeness (QED) is 0.395. The number of nitrogens with one attached hydrogen (secondary N) is 1. The van der Waals surface area contributed by atoms with Gasteiger partial charge in [0.25, 0.3) is 0 Å². The molecular weight excluding hydrogens is 446 g/mol. The molecule has 4 heterocycles. The Labute approximate surface area is 212 Å². The van der Waals surface area contributed by atoms with E-state index in [0.717, 1.165) is 54.3 Å². The second-order valence-electron chi connectivity index (χ2n) is 10.3. The Morgan fingerprint density at radius 3 is 2.78 bits per heavy atom. The molecule has 1 aliphatic carbocycles. The van der Waals surface area contributed by atoms with Gasteiger partial charge in [-0.15, -0.1) is 0 Å². The first-order chi connectivity index (χ1) is 17.7. The molecule has 0 bridgehead atoms. The zero-order valence-electron chi connectivity index (χ0n) is 20.8. The van der Waals surface area contributed by atoms with Gasteiger partial charge in [0, 0.05) is 67.8 Å². The third-order valence-electron chi connectivity index (χ3n) is 7.69. The van der Waals surface area contributed by atoms with Gasteiger partial charge >= 0.3 is 0 Å². The van der Waals surface area contributed by atoms with E-state index in [-0.39, 0.29) is 6.04 Å². The number of benzene rings is 1. The highest BCUT2D eigenvalue weighted by atomic mass is 15.1. The maximum atomic E-state index is 6.50. The minimum Gasteiger partial charge on any atom is -0.368 e. The van der Waals surface area contributed by atoms with Crippen molar-refractivity contribution >= 4 is 16.9 Å². The van der Waals surface area contributed by atoms with Gasteiger partial charge in [0.1, 0.15) is 11.5 Å². The average Bonchev–Trinajstić information content (AvgIpc) is 3.36. The van der Waals surface area contributed by atoms with Gasteiger partial charge < -0.3 is 15.6 Å². The number of anilines is 1. The highest BCUT2D eigenvalue weighted by Crippen LogP contribution is 2.31. The molecule has 0 radical (unpaired) electrons. The van der Waals surface area contributed by atoms with E-state index in [1.165, 1.54) is 43.2 Å². The average molecular weight is 482 g/mol. The van der Waals surface area contributed by atoms with Crippen LogP contribution in [0.4, 0.5) is 5.82 Å². The van der Waals surface area contributed by atoms with Crippen molar-refractivity contribution in [1.82, 2.24) is 24.4 Å². The van der Waals surface area contributed by atoms with E-state index >= 15 is 0 Å². The van der Waals surface area contributed by atoms with Gasteiger partial charge in [0.2, 0.25) is 0 Å². The highest BCUT2D eigenvalue weighted by molar-refractivity contribution is 5.77. The maximum Gasteiger partial charge on any atom is 0.161 e. The molecule has 1 aromatic carbocycles. The summed E-state index contributed by atoms with van der Waals surface area (Å²) in [7, 11) is 0. The van der Waals surface area contributed by atoms with E-state index in [4.69, 9.17) is 10.7 Å². The SMILES string of the molecule is NC(CNc1cc(-c2ncc3ccn(C4CCCCC4)c3n2)ccn1)CN1CCc2ccccc2C1. The van der Waals surface area contributed by atoms with Crippen LogP contribution in [0.3, 0.4) is 0 Å². The molecule has 0 saturated heterocycles. The zero-order chi connectivity index (χ0) is 24.3. The fourth-order valence-electron chi connectivity index (χ4n) is 5.74. The van der Waals surface area contributed by atoms with E-state index in [2.05, 4.69) is 61.3 Å². The van der Waals surface area contributed by atoms with Crippen LogP contribution in [0, 0.1) is 0 Å². The minimum atomic E-state index is 0.0205. The number of nitrogens with zero attached hydrogens (tertiary/aromatic N) is 5. The Kier molecular flexibility index (Phi) is 6.66. The Hall–Kier alpha value is -3.29. The number of fused-ring (bicyclic) bond motifs is 2. The first-order valence-corrected chi connectivity index (χ1v) is 13.3. The lowest BCUT2D eigenvalue weighted by atomic mass is 9.95. The van der Waals surface area contributed by atoms with Crippen LogP contribution in [0.5, 0.6) is 0 Å². The van der Waals surface area contributed by atoms with E-state index < -0.39 is 0 Å². The molecule has 7 heteroatoms. The van der Waals surface area contributed by atoms with Gasteiger partial charge in [-0.1, -0.05) is 43.5 Å². The summed E-state index contributed by atoms with van der Waals surface area (Å²) >= 11 is 0. The monoisotopic (exact) mass is 481 g/mol. The number of hydrogen-bond donors (Lipinski definition) is 2. The Balaban J connectivity index is 1.11. The van der Waals surface area contributed by atoms with Crippen molar-refractivity contribution in [3.8, 4) is 11.4 Å². The van der Waals surface area contributed by atoms with Crippen LogP contribution >= 0.6 is 0 Å². The van der Waals surface area contributed by atoms with E-state index in [1.54, 1.807) is 0 Å². The number of rotatable bonds is 7. The van der Waals surface area contributed by atoms with Crippen molar-refractivity contribution in [2.45, 2.75) is 57.2 Å². The van der Waals surface area contributed by atoms with Crippen molar-refractivity contribution in [3.05, 3.63) is 72.2 Å². The summed E-state index contributed by atoms with van der Waals surface area (Å²) in [5.74, 6) is 1.54. The fourth-order valence-corrected chi connectivity index (χ4v) is 5.74. The molecule has 0 spiro atoms. The fraction of sp³-hybridized carbons (Fsp3) is 0.414. The Morgan fingerprint density at radius 1 is 1.03 bits per heavy atom. The molecule has 7 nitrogen and oxygen atoms in total. The standard InChI is InChI=1S/C29H35N7/c30-25(20-35-14-11-21-6-4-5-7-24(21)19-35)18-32-27-16-22(10-13-31-27)28-33-17-23-12-15-36(29(23)34-28)26-8-2-1-3-9-26/h4-7,10,12-13,15-17,25-26H,1-3,8-9,11,14,18-20,30H2,(H,31,32). The van der Waals surface area contributed by atoms with Gasteiger partial charge in [-0.05, 0) is 48.6 Å². The van der Waals surface area contributed by atoms with Crippen molar-refractivity contribution in [1.29, 1.82) is 0 Å². The number of nitrogens with two attached hydrogens (primary N) is 1. The number of aromatic nitrogens is 4. The van der Waals surface area contributed by atoms with Crippen LogP contribution < -0.4 is 11.1 Å². The molecule has 36 heavy (non-hydrogen) atoms.